The maximum Gasteiger partial charge on any atom is 0.410 e. The van der Waals surface area contributed by atoms with Gasteiger partial charge in [0.15, 0.2) is 0 Å². The molecule has 1 unspecified atom stereocenters. The third-order valence-corrected chi connectivity index (χ3v) is 3.36. The van der Waals surface area contributed by atoms with Gasteiger partial charge in [0, 0.05) is 12.5 Å². The average Bonchev–Trinajstić information content (AvgIpc) is 2.36. The molecule has 118 valence electrons. The van der Waals surface area contributed by atoms with Crippen molar-refractivity contribution in [2.45, 2.75) is 45.3 Å². The first kappa shape index (κ1) is 15.8. The van der Waals surface area contributed by atoms with E-state index in [-0.39, 0.29) is 24.9 Å². The SMILES string of the molecule is CC(C)(C)OC(=O)N1CCOC(C2CC(=O)OC(=O)C2)C1. The van der Waals surface area contributed by atoms with Gasteiger partial charge in [-0.2, -0.15) is 0 Å². The van der Waals surface area contributed by atoms with Gasteiger partial charge in [0.1, 0.15) is 5.60 Å². The van der Waals surface area contributed by atoms with Gasteiger partial charge in [-0.15, -0.1) is 0 Å². The van der Waals surface area contributed by atoms with Crippen LogP contribution in [0.2, 0.25) is 0 Å². The molecule has 1 amide bonds. The van der Waals surface area contributed by atoms with Gasteiger partial charge < -0.3 is 19.1 Å². The quantitative estimate of drug-likeness (QED) is 0.533. The minimum atomic E-state index is -0.560. The van der Waals surface area contributed by atoms with E-state index in [0.29, 0.717) is 19.7 Å². The van der Waals surface area contributed by atoms with Gasteiger partial charge in [-0.3, -0.25) is 9.59 Å². The largest absolute Gasteiger partial charge is 0.444 e. The molecule has 0 bridgehead atoms. The molecule has 2 saturated heterocycles. The molecule has 0 aromatic rings. The van der Waals surface area contributed by atoms with Crippen LogP contribution in [-0.4, -0.2) is 54.3 Å². The summed E-state index contributed by atoms with van der Waals surface area (Å²) >= 11 is 0. The summed E-state index contributed by atoms with van der Waals surface area (Å²) in [4.78, 5) is 36.3. The van der Waals surface area contributed by atoms with Crippen LogP contribution in [0, 0.1) is 5.92 Å². The molecule has 0 aromatic heterocycles. The zero-order chi connectivity index (χ0) is 15.6. The highest BCUT2D eigenvalue weighted by Crippen LogP contribution is 2.26. The number of carbonyl (C=O) groups excluding carboxylic acids is 3. The van der Waals surface area contributed by atoms with Crippen LogP contribution in [-0.2, 0) is 23.8 Å². The molecule has 21 heavy (non-hydrogen) atoms. The van der Waals surface area contributed by atoms with Crippen molar-refractivity contribution in [3.63, 3.8) is 0 Å². The molecule has 2 heterocycles. The lowest BCUT2D eigenvalue weighted by atomic mass is 9.92. The van der Waals surface area contributed by atoms with Crippen molar-refractivity contribution in [1.29, 1.82) is 0 Å². The molecule has 0 N–H and O–H groups in total. The molecule has 1 atom stereocenters. The molecular weight excluding hydrogens is 278 g/mol. The van der Waals surface area contributed by atoms with E-state index in [9.17, 15) is 14.4 Å². The van der Waals surface area contributed by atoms with Crippen LogP contribution in [0.3, 0.4) is 0 Å². The number of hydrogen-bond acceptors (Lipinski definition) is 6. The summed E-state index contributed by atoms with van der Waals surface area (Å²) in [6.07, 6.45) is -0.472. The van der Waals surface area contributed by atoms with E-state index in [4.69, 9.17) is 9.47 Å². The molecule has 2 fully saturated rings. The second kappa shape index (κ2) is 6.01. The monoisotopic (exact) mass is 299 g/mol. The number of ether oxygens (including phenoxy) is 3. The Morgan fingerprint density at radius 3 is 2.43 bits per heavy atom. The summed E-state index contributed by atoms with van der Waals surface area (Å²) in [5, 5.41) is 0. The number of hydrogen-bond donors (Lipinski definition) is 0. The number of carbonyl (C=O) groups is 3. The molecule has 0 aromatic carbocycles. The van der Waals surface area contributed by atoms with E-state index in [2.05, 4.69) is 4.74 Å². The molecule has 7 nitrogen and oxygen atoms in total. The lowest BCUT2D eigenvalue weighted by Gasteiger charge is -2.37. The van der Waals surface area contributed by atoms with E-state index < -0.39 is 23.6 Å². The Morgan fingerprint density at radius 1 is 1.24 bits per heavy atom. The van der Waals surface area contributed by atoms with E-state index in [1.807, 2.05) is 0 Å². The van der Waals surface area contributed by atoms with Gasteiger partial charge in [-0.05, 0) is 20.8 Å². The summed E-state index contributed by atoms with van der Waals surface area (Å²) in [6, 6.07) is 0. The Hall–Kier alpha value is -1.63. The fraction of sp³-hybridized carbons (Fsp3) is 0.786. The maximum absolute atomic E-state index is 12.1. The highest BCUT2D eigenvalue weighted by molar-refractivity contribution is 5.88. The Balaban J connectivity index is 1.95. The van der Waals surface area contributed by atoms with Crippen molar-refractivity contribution in [2.24, 2.45) is 5.92 Å². The van der Waals surface area contributed by atoms with E-state index >= 15 is 0 Å². The zero-order valence-electron chi connectivity index (χ0n) is 12.6. The number of rotatable bonds is 1. The molecule has 0 spiro atoms. The highest BCUT2D eigenvalue weighted by Gasteiger charge is 2.37. The van der Waals surface area contributed by atoms with Crippen LogP contribution in [0.25, 0.3) is 0 Å². The van der Waals surface area contributed by atoms with Gasteiger partial charge in [0.05, 0.1) is 32.1 Å². The summed E-state index contributed by atoms with van der Waals surface area (Å²) in [6.45, 7) is 6.54. The minimum Gasteiger partial charge on any atom is -0.444 e. The van der Waals surface area contributed by atoms with Crippen LogP contribution < -0.4 is 0 Å². The van der Waals surface area contributed by atoms with Crippen molar-refractivity contribution in [3.05, 3.63) is 0 Å². The minimum absolute atomic E-state index is 0.137. The van der Waals surface area contributed by atoms with Gasteiger partial charge in [-0.25, -0.2) is 4.79 Å². The first-order chi connectivity index (χ1) is 9.74. The molecule has 7 heteroatoms. The summed E-state index contributed by atoms with van der Waals surface area (Å²) in [7, 11) is 0. The summed E-state index contributed by atoms with van der Waals surface area (Å²) in [5.74, 6) is -1.31. The van der Waals surface area contributed by atoms with Crippen LogP contribution in [0.1, 0.15) is 33.6 Å². The molecule has 2 rings (SSSR count). The van der Waals surface area contributed by atoms with Gasteiger partial charge in [0.25, 0.3) is 0 Å². The number of amides is 1. The van der Waals surface area contributed by atoms with E-state index in [1.165, 1.54) is 0 Å². The second-order valence-electron chi connectivity index (χ2n) is 6.35. The number of cyclic esters (lactones) is 2. The predicted molar refractivity (Wildman–Crippen MR) is 71.4 cm³/mol. The van der Waals surface area contributed by atoms with Crippen LogP contribution >= 0.6 is 0 Å². The summed E-state index contributed by atoms with van der Waals surface area (Å²) < 4.78 is 15.5. The van der Waals surface area contributed by atoms with Gasteiger partial charge in [-0.1, -0.05) is 0 Å². The lowest BCUT2D eigenvalue weighted by Crippen LogP contribution is -2.51. The molecule has 2 aliphatic rings. The standard InChI is InChI=1S/C14H21NO6/c1-14(2,3)21-13(18)15-4-5-19-10(8-15)9-6-11(16)20-12(17)7-9/h9-10H,4-8H2,1-3H3. The van der Waals surface area contributed by atoms with Gasteiger partial charge >= 0.3 is 18.0 Å². The Labute approximate surface area is 123 Å². The predicted octanol–water partition coefficient (Wildman–Crippen LogP) is 1.10. The zero-order valence-corrected chi connectivity index (χ0v) is 12.6. The van der Waals surface area contributed by atoms with Crippen molar-refractivity contribution in [2.75, 3.05) is 19.7 Å². The van der Waals surface area contributed by atoms with Crippen molar-refractivity contribution < 1.29 is 28.6 Å². The van der Waals surface area contributed by atoms with Gasteiger partial charge in [0.2, 0.25) is 0 Å². The third kappa shape index (κ3) is 4.42. The summed E-state index contributed by atoms with van der Waals surface area (Å²) in [5.41, 5.74) is -0.560. The van der Waals surface area contributed by atoms with E-state index in [1.54, 1.807) is 25.7 Å². The smallest absolute Gasteiger partial charge is 0.410 e. The van der Waals surface area contributed by atoms with Crippen molar-refractivity contribution in [1.82, 2.24) is 4.90 Å². The van der Waals surface area contributed by atoms with Crippen LogP contribution in [0.4, 0.5) is 4.79 Å². The van der Waals surface area contributed by atoms with Crippen LogP contribution in [0.5, 0.6) is 0 Å². The fourth-order valence-electron chi connectivity index (χ4n) is 2.43. The normalized spacial score (nSPS) is 24.7. The molecule has 0 radical (unpaired) electrons. The second-order valence-corrected chi connectivity index (χ2v) is 6.35. The number of esters is 2. The molecule has 0 saturated carbocycles. The Kier molecular flexibility index (Phi) is 4.51. The fourth-order valence-corrected chi connectivity index (χ4v) is 2.43. The van der Waals surface area contributed by atoms with Crippen molar-refractivity contribution >= 4 is 18.0 Å². The Bertz CT molecular complexity index is 425. The number of nitrogens with zero attached hydrogens (tertiary/aromatic N) is 1. The molecular formula is C14H21NO6. The van der Waals surface area contributed by atoms with Crippen LogP contribution in [0.15, 0.2) is 0 Å². The molecule has 2 aliphatic heterocycles. The van der Waals surface area contributed by atoms with E-state index in [0.717, 1.165) is 0 Å². The third-order valence-electron chi connectivity index (χ3n) is 3.36. The maximum atomic E-state index is 12.1. The Morgan fingerprint density at radius 2 is 1.86 bits per heavy atom. The van der Waals surface area contributed by atoms with Crippen molar-refractivity contribution in [3.8, 4) is 0 Å². The average molecular weight is 299 g/mol. The topological polar surface area (TPSA) is 82.1 Å². The first-order valence-electron chi connectivity index (χ1n) is 7.07. The first-order valence-corrected chi connectivity index (χ1v) is 7.07. The highest BCUT2D eigenvalue weighted by atomic mass is 16.6. The lowest BCUT2D eigenvalue weighted by molar-refractivity contribution is -0.169. The molecule has 0 aliphatic carbocycles. The number of morpholine rings is 1.